The molecule has 0 aliphatic rings. The van der Waals surface area contributed by atoms with E-state index < -0.39 is 18.8 Å². The van der Waals surface area contributed by atoms with Crippen molar-refractivity contribution in [2.45, 2.75) is 105 Å². The molecule has 4 atom stereocenters. The van der Waals surface area contributed by atoms with Crippen molar-refractivity contribution < 1.29 is 20.1 Å². The molecule has 28 heavy (non-hydrogen) atoms. The Bertz CT molecular complexity index is 381. The highest BCUT2D eigenvalue weighted by Gasteiger charge is 2.14. The van der Waals surface area contributed by atoms with Crippen LogP contribution in [0.2, 0.25) is 0 Å². The van der Waals surface area contributed by atoms with Gasteiger partial charge in [-0.3, -0.25) is 0 Å². The molecule has 0 radical (unpaired) electrons. The summed E-state index contributed by atoms with van der Waals surface area (Å²) in [7, 11) is 0. The minimum atomic E-state index is -1.13. The lowest BCUT2D eigenvalue weighted by atomic mass is 9.91. The van der Waals surface area contributed by atoms with Crippen LogP contribution in [0.5, 0.6) is 0 Å². The van der Waals surface area contributed by atoms with E-state index >= 15 is 0 Å². The van der Waals surface area contributed by atoms with Gasteiger partial charge in [0.25, 0.3) is 0 Å². The largest absolute Gasteiger partial charge is 0.394 e. The van der Waals surface area contributed by atoms with Gasteiger partial charge in [-0.2, -0.15) is 0 Å². The fraction of sp³-hybridized carbons (Fsp3) is 0.917. The first-order chi connectivity index (χ1) is 13.3. The van der Waals surface area contributed by atoms with Crippen LogP contribution in [-0.2, 0) is 4.74 Å². The maximum absolute atomic E-state index is 9.50. The summed E-state index contributed by atoms with van der Waals surface area (Å²) in [6, 6.07) is 0. The second kappa shape index (κ2) is 17.4. The van der Waals surface area contributed by atoms with Crippen molar-refractivity contribution in [3.8, 4) is 0 Å². The van der Waals surface area contributed by atoms with Crippen LogP contribution in [0.1, 0.15) is 92.4 Å². The standard InChI is InChI=1S/C24H48O4/c1-19(2)9-6-10-20(3)11-7-12-21(4)13-8-14-22(5)15-16-28-18-24(27)23(26)17-25/h15,19-21,23-27H,6-14,16-18H2,1-5H3. The monoisotopic (exact) mass is 400 g/mol. The number of hydrogen-bond acceptors (Lipinski definition) is 4. The molecule has 0 spiro atoms. The molecular weight excluding hydrogens is 352 g/mol. The minimum absolute atomic E-state index is 0.0401. The van der Waals surface area contributed by atoms with Gasteiger partial charge in [-0.05, 0) is 37.5 Å². The lowest BCUT2D eigenvalue weighted by Gasteiger charge is -2.15. The van der Waals surface area contributed by atoms with E-state index in [1.165, 1.54) is 56.9 Å². The van der Waals surface area contributed by atoms with Crippen molar-refractivity contribution in [2.75, 3.05) is 19.8 Å². The molecule has 0 heterocycles. The maximum Gasteiger partial charge on any atom is 0.105 e. The number of aliphatic hydroxyl groups excluding tert-OH is 3. The predicted molar refractivity (Wildman–Crippen MR) is 118 cm³/mol. The first-order valence-corrected chi connectivity index (χ1v) is 11.5. The molecule has 4 heteroatoms. The quantitative estimate of drug-likeness (QED) is 0.221. The Hall–Kier alpha value is -0.420. The van der Waals surface area contributed by atoms with Gasteiger partial charge in [0.15, 0.2) is 0 Å². The molecule has 168 valence electrons. The molecule has 0 aromatic carbocycles. The lowest BCUT2D eigenvalue weighted by Crippen LogP contribution is -2.33. The maximum atomic E-state index is 9.50. The van der Waals surface area contributed by atoms with Crippen LogP contribution in [-0.4, -0.2) is 47.3 Å². The van der Waals surface area contributed by atoms with Crippen molar-refractivity contribution in [3.05, 3.63) is 11.6 Å². The van der Waals surface area contributed by atoms with Crippen LogP contribution in [0.4, 0.5) is 0 Å². The average molecular weight is 401 g/mol. The normalized spacial score (nSPS) is 17.0. The van der Waals surface area contributed by atoms with Crippen molar-refractivity contribution in [1.29, 1.82) is 0 Å². The second-order valence-electron chi connectivity index (χ2n) is 9.26. The number of allylic oxidation sites excluding steroid dienone is 1. The summed E-state index contributed by atoms with van der Waals surface area (Å²) in [6.45, 7) is 11.5. The third-order valence-corrected chi connectivity index (χ3v) is 5.61. The number of rotatable bonds is 18. The zero-order chi connectivity index (χ0) is 21.4. The molecule has 0 fully saturated rings. The molecule has 0 aromatic heterocycles. The summed E-state index contributed by atoms with van der Waals surface area (Å²) < 4.78 is 5.34. The van der Waals surface area contributed by atoms with Crippen LogP contribution in [0.3, 0.4) is 0 Å². The van der Waals surface area contributed by atoms with Gasteiger partial charge in [-0.1, -0.05) is 84.3 Å². The van der Waals surface area contributed by atoms with Crippen LogP contribution in [0.15, 0.2) is 11.6 Å². The molecular formula is C24H48O4. The zero-order valence-electron chi connectivity index (χ0n) is 19.2. The highest BCUT2D eigenvalue weighted by atomic mass is 16.5. The average Bonchev–Trinajstić information content (AvgIpc) is 2.64. The van der Waals surface area contributed by atoms with Crippen molar-refractivity contribution in [3.63, 3.8) is 0 Å². The molecule has 0 saturated heterocycles. The Morgan fingerprint density at radius 1 is 0.821 bits per heavy atom. The van der Waals surface area contributed by atoms with E-state index in [1.54, 1.807) is 0 Å². The fourth-order valence-corrected chi connectivity index (χ4v) is 3.43. The lowest BCUT2D eigenvalue weighted by molar-refractivity contribution is -0.0527. The summed E-state index contributed by atoms with van der Waals surface area (Å²) in [5, 5.41) is 27.5. The Morgan fingerprint density at radius 2 is 1.36 bits per heavy atom. The van der Waals surface area contributed by atoms with Crippen molar-refractivity contribution in [1.82, 2.24) is 0 Å². The molecule has 0 rings (SSSR count). The van der Waals surface area contributed by atoms with E-state index in [1.807, 2.05) is 6.08 Å². The van der Waals surface area contributed by atoms with Gasteiger partial charge in [0, 0.05) is 0 Å². The van der Waals surface area contributed by atoms with Gasteiger partial charge in [-0.25, -0.2) is 0 Å². The van der Waals surface area contributed by atoms with Crippen molar-refractivity contribution >= 4 is 0 Å². The summed E-state index contributed by atoms with van der Waals surface area (Å²) in [5.74, 6) is 2.50. The Labute approximate surface area is 174 Å². The molecule has 0 aromatic rings. The fourth-order valence-electron chi connectivity index (χ4n) is 3.43. The van der Waals surface area contributed by atoms with E-state index in [4.69, 9.17) is 9.84 Å². The van der Waals surface area contributed by atoms with Gasteiger partial charge in [0.1, 0.15) is 12.2 Å². The SMILES string of the molecule is CC(=CCOCC(O)C(O)CO)CCCC(C)CCCC(C)CCCC(C)C. The Kier molecular flexibility index (Phi) is 17.2. The summed E-state index contributed by atoms with van der Waals surface area (Å²) in [5.41, 5.74) is 1.31. The summed E-state index contributed by atoms with van der Waals surface area (Å²) in [4.78, 5) is 0. The van der Waals surface area contributed by atoms with E-state index in [9.17, 15) is 10.2 Å². The molecule has 0 aliphatic carbocycles. The molecule has 0 bridgehead atoms. The highest BCUT2D eigenvalue weighted by molar-refractivity contribution is 4.97. The number of aliphatic hydroxyl groups is 3. The molecule has 3 N–H and O–H groups in total. The predicted octanol–water partition coefficient (Wildman–Crippen LogP) is 5.10. The Morgan fingerprint density at radius 3 is 1.89 bits per heavy atom. The van der Waals surface area contributed by atoms with Crippen molar-refractivity contribution in [2.24, 2.45) is 17.8 Å². The minimum Gasteiger partial charge on any atom is -0.394 e. The molecule has 4 nitrogen and oxygen atoms in total. The molecule has 0 saturated carbocycles. The number of hydrogen-bond donors (Lipinski definition) is 3. The zero-order valence-corrected chi connectivity index (χ0v) is 19.2. The summed E-state index contributed by atoms with van der Waals surface area (Å²) in [6.07, 6.45) is 11.6. The first-order valence-electron chi connectivity index (χ1n) is 11.5. The topological polar surface area (TPSA) is 69.9 Å². The van der Waals surface area contributed by atoms with E-state index in [0.717, 1.165) is 24.2 Å². The van der Waals surface area contributed by atoms with E-state index in [0.29, 0.717) is 6.61 Å². The van der Waals surface area contributed by atoms with Gasteiger partial charge < -0.3 is 20.1 Å². The number of ether oxygens (including phenoxy) is 1. The van der Waals surface area contributed by atoms with Gasteiger partial charge in [-0.15, -0.1) is 0 Å². The third-order valence-electron chi connectivity index (χ3n) is 5.61. The molecule has 0 aliphatic heterocycles. The molecule has 0 amide bonds. The van der Waals surface area contributed by atoms with Crippen LogP contribution in [0, 0.1) is 17.8 Å². The summed E-state index contributed by atoms with van der Waals surface area (Å²) >= 11 is 0. The van der Waals surface area contributed by atoms with Crippen LogP contribution in [0.25, 0.3) is 0 Å². The van der Waals surface area contributed by atoms with Crippen LogP contribution < -0.4 is 0 Å². The van der Waals surface area contributed by atoms with E-state index in [-0.39, 0.29) is 6.61 Å². The second-order valence-corrected chi connectivity index (χ2v) is 9.26. The molecule has 4 unspecified atom stereocenters. The first kappa shape index (κ1) is 27.6. The third kappa shape index (κ3) is 16.5. The Balaban J connectivity index is 3.69. The van der Waals surface area contributed by atoms with Crippen LogP contribution >= 0.6 is 0 Å². The van der Waals surface area contributed by atoms with Gasteiger partial charge in [0.2, 0.25) is 0 Å². The van der Waals surface area contributed by atoms with E-state index in [2.05, 4.69) is 34.6 Å². The highest BCUT2D eigenvalue weighted by Crippen LogP contribution is 2.22. The van der Waals surface area contributed by atoms with Gasteiger partial charge >= 0.3 is 0 Å². The smallest absolute Gasteiger partial charge is 0.105 e. The van der Waals surface area contributed by atoms with Gasteiger partial charge in [0.05, 0.1) is 19.8 Å².